The molecule has 0 rings (SSSR count). The zero-order valence-electron chi connectivity index (χ0n) is 2.96. The Hall–Kier alpha value is 1.09. The van der Waals surface area contributed by atoms with Gasteiger partial charge in [0.05, 0.1) is 0 Å². The van der Waals surface area contributed by atoms with Crippen LogP contribution in [0.1, 0.15) is 0 Å². The van der Waals surface area contributed by atoms with Gasteiger partial charge < -0.3 is 19.2 Å². The molecule has 0 bridgehead atoms. The van der Waals surface area contributed by atoms with E-state index in [2.05, 4.69) is 0 Å². The normalized spacial score (nSPS) is 9.43. The molecule has 7 heavy (non-hydrogen) atoms. The second-order valence-corrected chi connectivity index (χ2v) is 1.80. The van der Waals surface area contributed by atoms with E-state index in [1.54, 1.807) is 35.0 Å². The zero-order chi connectivity index (χ0) is 6.50. The van der Waals surface area contributed by atoms with Crippen LogP contribution in [0.3, 0.4) is 0 Å². The summed E-state index contributed by atoms with van der Waals surface area (Å²) in [5, 5.41) is 0. The molecule has 0 aliphatic rings. The van der Waals surface area contributed by atoms with Crippen LogP contribution in [0.4, 0.5) is 0 Å². The first-order valence-electron chi connectivity index (χ1n) is 1.000. The van der Waals surface area contributed by atoms with Crippen LogP contribution in [0.15, 0.2) is 0 Å². The van der Waals surface area contributed by atoms with Crippen molar-refractivity contribution in [3.05, 3.63) is 0 Å². The summed E-state index contributed by atoms with van der Waals surface area (Å²) in [6.07, 6.45) is 0. The molecular formula is H4LuO5Si. The first-order valence-corrected chi connectivity index (χ1v) is 3.47. The van der Waals surface area contributed by atoms with Gasteiger partial charge in [0.25, 0.3) is 0 Å². The second kappa shape index (κ2) is 5.23. The first-order chi connectivity index (χ1) is 3.00. The van der Waals surface area contributed by atoms with Gasteiger partial charge in [0.1, 0.15) is 0 Å². The van der Waals surface area contributed by atoms with Gasteiger partial charge in [-0.25, -0.2) is 0 Å². The van der Waals surface area contributed by atoms with E-state index in [0.717, 1.165) is 0 Å². The average molecular weight is 287 g/mol. The van der Waals surface area contributed by atoms with Crippen LogP contribution in [0.5, 0.6) is 0 Å². The maximum absolute atomic E-state index is 8.08. The molecule has 0 aromatic heterocycles. The fourth-order valence-corrected chi connectivity index (χ4v) is 0. The molecule has 0 radical (unpaired) electrons. The molecule has 0 unspecified atom stereocenters. The Kier molecular flexibility index (Phi) is 8.20. The van der Waals surface area contributed by atoms with E-state index < -0.39 is 9.05 Å². The molecule has 4 N–H and O–H groups in total. The SMILES string of the molecule is O[Si](O)(O)O.[O]=[Lu]. The molecular weight excluding hydrogens is 283 g/mol. The quantitative estimate of drug-likeness (QED) is 0.363. The summed E-state index contributed by atoms with van der Waals surface area (Å²) < 4.78 is 8.08. The van der Waals surface area contributed by atoms with Crippen molar-refractivity contribution in [2.45, 2.75) is 0 Å². The zero-order valence-corrected chi connectivity index (χ0v) is 5.61. The van der Waals surface area contributed by atoms with Crippen molar-refractivity contribution in [1.82, 2.24) is 0 Å². The molecule has 53 valence electrons. The van der Waals surface area contributed by atoms with Gasteiger partial charge in [0.15, 0.2) is 0 Å². The predicted octanol–water partition coefficient (Wildman–Crippen LogP) is -2.73. The van der Waals surface area contributed by atoms with E-state index >= 15 is 0 Å². The molecule has 0 spiro atoms. The Bertz CT molecular complexity index is 31.8. The Morgan fingerprint density at radius 1 is 1.00 bits per heavy atom. The van der Waals surface area contributed by atoms with E-state index in [0.29, 0.717) is 0 Å². The molecule has 0 aliphatic carbocycles. The standard InChI is InChI=1S/Lu.H4O4Si.O/c;1-5(2,3)4;/h;1-4H;. The summed E-state index contributed by atoms with van der Waals surface area (Å²) in [6, 6.07) is 0. The van der Waals surface area contributed by atoms with Gasteiger partial charge in [0, 0.05) is 0 Å². The third-order valence-corrected chi connectivity index (χ3v) is 0. The Balaban J connectivity index is 0. The summed E-state index contributed by atoms with van der Waals surface area (Å²) in [7, 11) is -4.61. The van der Waals surface area contributed by atoms with Gasteiger partial charge in [-0.1, -0.05) is 0 Å². The van der Waals surface area contributed by atoms with E-state index in [1.807, 2.05) is 0 Å². The molecule has 0 amide bonds. The van der Waals surface area contributed by atoms with E-state index in [-0.39, 0.29) is 0 Å². The van der Waals surface area contributed by atoms with Crippen LogP contribution < -0.4 is 0 Å². The van der Waals surface area contributed by atoms with Crippen molar-refractivity contribution in [2.75, 3.05) is 0 Å². The van der Waals surface area contributed by atoms with Crippen molar-refractivity contribution in [2.24, 2.45) is 0 Å². The third kappa shape index (κ3) is 154. The fourth-order valence-electron chi connectivity index (χ4n) is 0. The van der Waals surface area contributed by atoms with Crippen molar-refractivity contribution in [3.63, 3.8) is 0 Å². The molecule has 7 heteroatoms. The summed E-state index contributed by atoms with van der Waals surface area (Å²) in [5.41, 5.74) is 0. The number of hydrogen-bond acceptors (Lipinski definition) is 5. The Morgan fingerprint density at radius 3 is 1.00 bits per heavy atom. The van der Waals surface area contributed by atoms with Gasteiger partial charge in [0.2, 0.25) is 0 Å². The van der Waals surface area contributed by atoms with E-state index in [9.17, 15) is 0 Å². The third-order valence-electron chi connectivity index (χ3n) is 0. The monoisotopic (exact) mass is 287 g/mol. The molecule has 0 saturated carbocycles. The predicted molar refractivity (Wildman–Crippen MR) is 15.3 cm³/mol. The molecule has 0 fully saturated rings. The van der Waals surface area contributed by atoms with Gasteiger partial charge in [-0.15, -0.1) is 0 Å². The minimum absolute atomic E-state index is 1.58. The van der Waals surface area contributed by atoms with Crippen LogP contribution in [-0.2, 0) is 1.54 Å². The minimum atomic E-state index is -4.61. The number of hydrogen-bond donors (Lipinski definition) is 4. The molecule has 0 aromatic rings. The van der Waals surface area contributed by atoms with Crippen molar-refractivity contribution < 1.29 is 55.8 Å². The Morgan fingerprint density at radius 2 is 1.00 bits per heavy atom. The average Bonchev–Trinajstić information content (AvgIpc) is 1.36. The summed E-state index contributed by atoms with van der Waals surface area (Å²) >= 11 is 1.58. The molecule has 0 heterocycles. The van der Waals surface area contributed by atoms with E-state index in [4.69, 9.17) is 20.7 Å². The van der Waals surface area contributed by atoms with Crippen molar-refractivity contribution in [1.29, 1.82) is 0 Å². The second-order valence-electron chi connectivity index (χ2n) is 0.600. The fraction of sp³-hybridized carbons (Fsp3) is 0. The van der Waals surface area contributed by atoms with Crippen LogP contribution in [-0.4, -0.2) is 28.2 Å². The van der Waals surface area contributed by atoms with Crippen LogP contribution >= 0.6 is 0 Å². The molecule has 5 nitrogen and oxygen atoms in total. The van der Waals surface area contributed by atoms with Crippen molar-refractivity contribution in [3.8, 4) is 0 Å². The summed E-state index contributed by atoms with van der Waals surface area (Å²) in [4.78, 5) is 29.3. The molecule has 0 saturated heterocycles. The molecule has 0 aliphatic heterocycles. The maximum atomic E-state index is 8.08. The van der Waals surface area contributed by atoms with Gasteiger partial charge in [-0.2, -0.15) is 0 Å². The first kappa shape index (κ1) is 11.0. The summed E-state index contributed by atoms with van der Waals surface area (Å²) in [6.45, 7) is 0. The van der Waals surface area contributed by atoms with Gasteiger partial charge in [-0.05, 0) is 0 Å². The van der Waals surface area contributed by atoms with Crippen LogP contribution in [0.25, 0.3) is 0 Å². The number of rotatable bonds is 0. The van der Waals surface area contributed by atoms with Gasteiger partial charge >= 0.3 is 45.6 Å². The van der Waals surface area contributed by atoms with Crippen molar-refractivity contribution >= 4 is 9.05 Å². The Labute approximate surface area is 64.4 Å². The topological polar surface area (TPSA) is 98.0 Å². The molecule has 0 aromatic carbocycles. The molecule has 0 atom stereocenters. The van der Waals surface area contributed by atoms with E-state index in [1.165, 1.54) is 0 Å². The van der Waals surface area contributed by atoms with Crippen LogP contribution in [0, 0.1) is 35.0 Å². The van der Waals surface area contributed by atoms with Crippen LogP contribution in [0.2, 0.25) is 0 Å². The van der Waals surface area contributed by atoms with Gasteiger partial charge in [-0.3, -0.25) is 0 Å². The summed E-state index contributed by atoms with van der Waals surface area (Å²) in [5.74, 6) is 0.